The molecule has 0 unspecified atom stereocenters. The highest BCUT2D eigenvalue weighted by Crippen LogP contribution is 2.19. The quantitative estimate of drug-likeness (QED) is 0.802. The second kappa shape index (κ2) is 4.68. The predicted molar refractivity (Wildman–Crippen MR) is 60.9 cm³/mol. The zero-order valence-corrected chi connectivity index (χ0v) is 9.28. The lowest BCUT2D eigenvalue weighted by Gasteiger charge is -2.33. The highest BCUT2D eigenvalue weighted by atomic mass is 16.4. The van der Waals surface area contributed by atoms with E-state index < -0.39 is 0 Å². The Morgan fingerprint density at radius 2 is 2.00 bits per heavy atom. The number of rotatable bonds is 3. The van der Waals surface area contributed by atoms with Crippen molar-refractivity contribution in [1.82, 2.24) is 4.90 Å². The SMILES string of the molecule is CCN1CCN(c2ccc(CN)o2)CC1. The van der Waals surface area contributed by atoms with Gasteiger partial charge in [0.1, 0.15) is 5.76 Å². The lowest BCUT2D eigenvalue weighted by atomic mass is 10.3. The van der Waals surface area contributed by atoms with Gasteiger partial charge in [-0.15, -0.1) is 0 Å². The molecule has 2 rings (SSSR count). The van der Waals surface area contributed by atoms with E-state index in [-0.39, 0.29) is 0 Å². The molecule has 0 aliphatic carbocycles. The second-order valence-electron chi connectivity index (χ2n) is 3.87. The fourth-order valence-corrected chi connectivity index (χ4v) is 1.93. The molecule has 0 saturated carbocycles. The Morgan fingerprint density at radius 3 is 2.53 bits per heavy atom. The van der Waals surface area contributed by atoms with E-state index in [4.69, 9.17) is 10.2 Å². The van der Waals surface area contributed by atoms with Crippen molar-refractivity contribution in [1.29, 1.82) is 0 Å². The van der Waals surface area contributed by atoms with E-state index in [2.05, 4.69) is 16.7 Å². The van der Waals surface area contributed by atoms with Crippen LogP contribution in [0.15, 0.2) is 16.5 Å². The molecular weight excluding hydrogens is 190 g/mol. The van der Waals surface area contributed by atoms with Crippen molar-refractivity contribution in [3.8, 4) is 0 Å². The van der Waals surface area contributed by atoms with Gasteiger partial charge in [0.05, 0.1) is 6.54 Å². The van der Waals surface area contributed by atoms with Crippen molar-refractivity contribution in [3.05, 3.63) is 17.9 Å². The van der Waals surface area contributed by atoms with Gasteiger partial charge in [-0.1, -0.05) is 6.92 Å². The zero-order chi connectivity index (χ0) is 10.7. The Balaban J connectivity index is 1.95. The molecule has 0 spiro atoms. The van der Waals surface area contributed by atoms with Gasteiger partial charge in [-0.2, -0.15) is 0 Å². The normalized spacial score (nSPS) is 18.4. The molecule has 0 aromatic carbocycles. The molecule has 0 amide bonds. The molecule has 1 saturated heterocycles. The topological polar surface area (TPSA) is 45.6 Å². The number of anilines is 1. The van der Waals surface area contributed by atoms with Crippen LogP contribution in [0.5, 0.6) is 0 Å². The maximum absolute atomic E-state index is 5.62. The smallest absolute Gasteiger partial charge is 0.195 e. The molecule has 1 fully saturated rings. The van der Waals surface area contributed by atoms with Crippen molar-refractivity contribution in [2.24, 2.45) is 5.73 Å². The van der Waals surface area contributed by atoms with E-state index in [1.807, 2.05) is 12.1 Å². The Hall–Kier alpha value is -1.00. The summed E-state index contributed by atoms with van der Waals surface area (Å²) in [6.45, 7) is 8.16. The van der Waals surface area contributed by atoms with Crippen LogP contribution in [0.25, 0.3) is 0 Å². The third-order valence-electron chi connectivity index (χ3n) is 2.98. The van der Waals surface area contributed by atoms with Crippen LogP contribution >= 0.6 is 0 Å². The maximum atomic E-state index is 5.62. The van der Waals surface area contributed by atoms with Crippen LogP contribution in [-0.4, -0.2) is 37.6 Å². The first kappa shape index (κ1) is 10.5. The third kappa shape index (κ3) is 2.33. The largest absolute Gasteiger partial charge is 0.444 e. The number of hydrogen-bond acceptors (Lipinski definition) is 4. The van der Waals surface area contributed by atoms with Crippen molar-refractivity contribution in [2.45, 2.75) is 13.5 Å². The van der Waals surface area contributed by atoms with E-state index in [0.717, 1.165) is 44.4 Å². The minimum absolute atomic E-state index is 0.481. The number of likely N-dealkylation sites (N-methyl/N-ethyl adjacent to an activating group) is 1. The van der Waals surface area contributed by atoms with Gasteiger partial charge >= 0.3 is 0 Å². The Morgan fingerprint density at radius 1 is 1.27 bits per heavy atom. The van der Waals surface area contributed by atoms with Gasteiger partial charge in [0.25, 0.3) is 0 Å². The van der Waals surface area contributed by atoms with Crippen LogP contribution in [-0.2, 0) is 6.54 Å². The van der Waals surface area contributed by atoms with Gasteiger partial charge in [-0.25, -0.2) is 0 Å². The number of nitrogens with zero attached hydrogens (tertiary/aromatic N) is 2. The highest BCUT2D eigenvalue weighted by molar-refractivity contribution is 5.37. The summed E-state index contributed by atoms with van der Waals surface area (Å²) < 4.78 is 5.62. The molecule has 4 heteroatoms. The van der Waals surface area contributed by atoms with E-state index >= 15 is 0 Å². The van der Waals surface area contributed by atoms with Crippen LogP contribution in [0.1, 0.15) is 12.7 Å². The summed E-state index contributed by atoms with van der Waals surface area (Å²) in [5, 5.41) is 0. The molecule has 1 aliphatic rings. The van der Waals surface area contributed by atoms with Gasteiger partial charge in [0.15, 0.2) is 5.88 Å². The summed E-state index contributed by atoms with van der Waals surface area (Å²) in [7, 11) is 0. The summed E-state index contributed by atoms with van der Waals surface area (Å²) in [6.07, 6.45) is 0. The van der Waals surface area contributed by atoms with E-state index in [9.17, 15) is 0 Å². The standard InChI is InChI=1S/C11H19N3O/c1-2-13-5-7-14(8-6-13)11-4-3-10(9-12)15-11/h3-4H,2,5-9,12H2,1H3. The molecule has 15 heavy (non-hydrogen) atoms. The maximum Gasteiger partial charge on any atom is 0.195 e. The van der Waals surface area contributed by atoms with Crippen molar-refractivity contribution < 1.29 is 4.42 Å². The first-order chi connectivity index (χ1) is 7.33. The third-order valence-corrected chi connectivity index (χ3v) is 2.98. The molecule has 2 heterocycles. The fourth-order valence-electron chi connectivity index (χ4n) is 1.93. The van der Waals surface area contributed by atoms with E-state index in [0.29, 0.717) is 6.54 Å². The summed E-state index contributed by atoms with van der Waals surface area (Å²) in [6, 6.07) is 3.98. The lowest BCUT2D eigenvalue weighted by molar-refractivity contribution is 0.266. The molecule has 0 radical (unpaired) electrons. The number of nitrogens with two attached hydrogens (primary N) is 1. The second-order valence-corrected chi connectivity index (χ2v) is 3.87. The molecule has 1 aliphatic heterocycles. The van der Waals surface area contributed by atoms with Gasteiger partial charge in [0, 0.05) is 32.2 Å². The minimum Gasteiger partial charge on any atom is -0.444 e. The predicted octanol–water partition coefficient (Wildman–Crippen LogP) is 0.880. The fraction of sp³-hybridized carbons (Fsp3) is 0.636. The minimum atomic E-state index is 0.481. The van der Waals surface area contributed by atoms with Crippen molar-refractivity contribution >= 4 is 5.88 Å². The van der Waals surface area contributed by atoms with Gasteiger partial charge in [-0.05, 0) is 12.6 Å². The van der Waals surface area contributed by atoms with Gasteiger partial charge < -0.3 is 20.0 Å². The average molecular weight is 209 g/mol. The van der Waals surface area contributed by atoms with Crippen molar-refractivity contribution in [2.75, 3.05) is 37.6 Å². The number of furan rings is 1. The van der Waals surface area contributed by atoms with Crippen LogP contribution in [0.2, 0.25) is 0 Å². The first-order valence-corrected chi connectivity index (χ1v) is 5.59. The highest BCUT2D eigenvalue weighted by Gasteiger charge is 2.17. The number of hydrogen-bond donors (Lipinski definition) is 1. The Kier molecular flexibility index (Phi) is 3.28. The molecule has 1 aromatic heterocycles. The van der Waals surface area contributed by atoms with Crippen LogP contribution in [0.3, 0.4) is 0 Å². The van der Waals surface area contributed by atoms with Crippen molar-refractivity contribution in [3.63, 3.8) is 0 Å². The monoisotopic (exact) mass is 209 g/mol. The van der Waals surface area contributed by atoms with Gasteiger partial charge in [0.2, 0.25) is 0 Å². The molecular formula is C11H19N3O. The molecule has 0 bridgehead atoms. The molecule has 0 atom stereocenters. The van der Waals surface area contributed by atoms with Crippen LogP contribution in [0.4, 0.5) is 5.88 Å². The molecule has 2 N–H and O–H groups in total. The zero-order valence-electron chi connectivity index (χ0n) is 9.28. The number of piperazine rings is 1. The first-order valence-electron chi connectivity index (χ1n) is 5.59. The van der Waals surface area contributed by atoms with Crippen LogP contribution < -0.4 is 10.6 Å². The van der Waals surface area contributed by atoms with E-state index in [1.165, 1.54) is 0 Å². The molecule has 84 valence electrons. The lowest BCUT2D eigenvalue weighted by Crippen LogP contribution is -2.46. The molecule has 4 nitrogen and oxygen atoms in total. The summed E-state index contributed by atoms with van der Waals surface area (Å²) in [4.78, 5) is 4.73. The summed E-state index contributed by atoms with van der Waals surface area (Å²) in [5.74, 6) is 1.83. The average Bonchev–Trinajstić information content (AvgIpc) is 2.78. The Labute approximate surface area is 90.6 Å². The summed E-state index contributed by atoms with van der Waals surface area (Å²) >= 11 is 0. The van der Waals surface area contributed by atoms with E-state index in [1.54, 1.807) is 0 Å². The summed E-state index contributed by atoms with van der Waals surface area (Å²) in [5.41, 5.74) is 5.52. The van der Waals surface area contributed by atoms with Gasteiger partial charge in [-0.3, -0.25) is 0 Å². The Bertz CT molecular complexity index is 303. The van der Waals surface area contributed by atoms with Crippen LogP contribution in [0, 0.1) is 0 Å². The molecule has 1 aromatic rings.